The van der Waals surface area contributed by atoms with E-state index in [9.17, 15) is 14.6 Å². The first-order chi connectivity index (χ1) is 8.99. The lowest BCUT2D eigenvalue weighted by molar-refractivity contribution is 0.434. The molecule has 0 saturated carbocycles. The highest BCUT2D eigenvalue weighted by Gasteiger charge is 2.16. The fourth-order valence-electron chi connectivity index (χ4n) is 2.03. The van der Waals surface area contributed by atoms with Gasteiger partial charge in [-0.05, 0) is 43.7 Å². The molecule has 2 rings (SSSR count). The largest absolute Gasteiger partial charge is 0.507 e. The van der Waals surface area contributed by atoms with Crippen LogP contribution in [0.25, 0.3) is 0 Å². The van der Waals surface area contributed by atoms with Gasteiger partial charge in [-0.1, -0.05) is 12.1 Å². The number of nitrogens with one attached hydrogen (secondary N) is 1. The van der Waals surface area contributed by atoms with E-state index in [-0.39, 0.29) is 17.3 Å². The van der Waals surface area contributed by atoms with Crippen LogP contribution < -0.4 is 5.32 Å². The van der Waals surface area contributed by atoms with Crippen LogP contribution in [-0.2, 0) is 0 Å². The van der Waals surface area contributed by atoms with Gasteiger partial charge in [0.25, 0.3) is 0 Å². The van der Waals surface area contributed by atoms with Crippen molar-refractivity contribution in [3.63, 3.8) is 0 Å². The van der Waals surface area contributed by atoms with E-state index >= 15 is 0 Å². The monoisotopic (exact) mass is 261 g/mol. The molecule has 4 heteroatoms. The quantitative estimate of drug-likeness (QED) is 0.789. The van der Waals surface area contributed by atoms with Gasteiger partial charge in [0.2, 0.25) is 0 Å². The van der Waals surface area contributed by atoms with Crippen LogP contribution in [0.5, 0.6) is 11.5 Å². The van der Waals surface area contributed by atoms with Crippen molar-refractivity contribution in [1.29, 1.82) is 0 Å². The Kier molecular flexibility index (Phi) is 3.60. The lowest BCUT2D eigenvalue weighted by Crippen LogP contribution is -2.08. The topological polar surface area (TPSA) is 52.5 Å². The first-order valence-electron chi connectivity index (χ1n) is 6.02. The van der Waals surface area contributed by atoms with Gasteiger partial charge >= 0.3 is 0 Å². The molecule has 0 amide bonds. The number of aromatic hydroxyl groups is 2. The summed E-state index contributed by atoms with van der Waals surface area (Å²) < 4.78 is 13.7. The Balaban J connectivity index is 2.28. The number of halogens is 1. The minimum Gasteiger partial charge on any atom is -0.507 e. The molecule has 0 saturated heterocycles. The second kappa shape index (κ2) is 5.18. The second-order valence-electron chi connectivity index (χ2n) is 4.56. The molecule has 2 aromatic rings. The van der Waals surface area contributed by atoms with Crippen LogP contribution in [0, 0.1) is 12.7 Å². The van der Waals surface area contributed by atoms with Crippen LogP contribution in [-0.4, -0.2) is 10.2 Å². The SMILES string of the molecule is Cc1ccc(NC(C)c2c(O)cccc2O)c(F)c1. The predicted molar refractivity (Wildman–Crippen MR) is 72.9 cm³/mol. The first kappa shape index (κ1) is 13.2. The Morgan fingerprint density at radius 3 is 2.32 bits per heavy atom. The van der Waals surface area contributed by atoms with Gasteiger partial charge < -0.3 is 15.5 Å². The molecule has 0 spiro atoms. The maximum Gasteiger partial charge on any atom is 0.146 e. The van der Waals surface area contributed by atoms with Crippen molar-refractivity contribution in [2.24, 2.45) is 0 Å². The zero-order chi connectivity index (χ0) is 14.0. The summed E-state index contributed by atoms with van der Waals surface area (Å²) >= 11 is 0. The zero-order valence-corrected chi connectivity index (χ0v) is 10.8. The van der Waals surface area contributed by atoms with Gasteiger partial charge in [0.15, 0.2) is 0 Å². The van der Waals surface area contributed by atoms with E-state index in [1.165, 1.54) is 18.2 Å². The summed E-state index contributed by atoms with van der Waals surface area (Å²) in [6.45, 7) is 3.55. The number of phenolic OH excluding ortho intramolecular Hbond substituents is 2. The van der Waals surface area contributed by atoms with Crippen LogP contribution in [0.4, 0.5) is 10.1 Å². The van der Waals surface area contributed by atoms with Crippen molar-refractivity contribution < 1.29 is 14.6 Å². The molecule has 0 aliphatic carbocycles. The standard InChI is InChI=1S/C15H16FNO2/c1-9-6-7-12(11(16)8-9)17-10(2)15-13(18)4-3-5-14(15)19/h3-8,10,17-19H,1-2H3. The van der Waals surface area contributed by atoms with Crippen LogP contribution in [0.2, 0.25) is 0 Å². The van der Waals surface area contributed by atoms with Crippen LogP contribution >= 0.6 is 0 Å². The van der Waals surface area contributed by atoms with Crippen LogP contribution in [0.1, 0.15) is 24.1 Å². The summed E-state index contributed by atoms with van der Waals surface area (Å²) in [7, 11) is 0. The van der Waals surface area contributed by atoms with Gasteiger partial charge in [0.05, 0.1) is 17.3 Å². The molecule has 3 N–H and O–H groups in total. The van der Waals surface area contributed by atoms with Crippen molar-refractivity contribution in [3.8, 4) is 11.5 Å². The fourth-order valence-corrected chi connectivity index (χ4v) is 2.03. The summed E-state index contributed by atoms with van der Waals surface area (Å²) in [6, 6.07) is 8.96. The molecule has 19 heavy (non-hydrogen) atoms. The summed E-state index contributed by atoms with van der Waals surface area (Å²) in [5.74, 6) is -0.401. The van der Waals surface area contributed by atoms with Crippen molar-refractivity contribution >= 4 is 5.69 Å². The molecule has 0 heterocycles. The van der Waals surface area contributed by atoms with E-state index in [0.717, 1.165) is 5.56 Å². The summed E-state index contributed by atoms with van der Waals surface area (Å²) in [5.41, 5.74) is 1.52. The van der Waals surface area contributed by atoms with E-state index < -0.39 is 6.04 Å². The van der Waals surface area contributed by atoms with Gasteiger partial charge in [-0.25, -0.2) is 4.39 Å². The molecule has 3 nitrogen and oxygen atoms in total. The number of hydrogen-bond donors (Lipinski definition) is 3. The maximum absolute atomic E-state index is 13.7. The molecule has 0 aliphatic rings. The molecule has 0 radical (unpaired) electrons. The third kappa shape index (κ3) is 2.78. The lowest BCUT2D eigenvalue weighted by Gasteiger charge is -2.18. The van der Waals surface area contributed by atoms with E-state index in [1.54, 1.807) is 25.1 Å². The Morgan fingerprint density at radius 2 is 1.74 bits per heavy atom. The number of phenols is 2. The van der Waals surface area contributed by atoms with Crippen LogP contribution in [0.15, 0.2) is 36.4 Å². The molecule has 2 aromatic carbocycles. The van der Waals surface area contributed by atoms with Gasteiger partial charge in [0, 0.05) is 0 Å². The van der Waals surface area contributed by atoms with Crippen molar-refractivity contribution in [2.45, 2.75) is 19.9 Å². The minimum absolute atomic E-state index is 0.0208. The molecular formula is C15H16FNO2. The number of anilines is 1. The van der Waals surface area contributed by atoms with Crippen LogP contribution in [0.3, 0.4) is 0 Å². The number of aryl methyl sites for hydroxylation is 1. The fraction of sp³-hybridized carbons (Fsp3) is 0.200. The van der Waals surface area contributed by atoms with Gasteiger partial charge in [-0.2, -0.15) is 0 Å². The average Bonchev–Trinajstić information content (AvgIpc) is 2.32. The third-order valence-corrected chi connectivity index (χ3v) is 2.99. The number of rotatable bonds is 3. The van der Waals surface area contributed by atoms with E-state index in [0.29, 0.717) is 11.3 Å². The van der Waals surface area contributed by atoms with E-state index in [4.69, 9.17) is 0 Å². The smallest absolute Gasteiger partial charge is 0.146 e. The van der Waals surface area contributed by atoms with E-state index in [1.807, 2.05) is 6.92 Å². The number of benzene rings is 2. The first-order valence-corrected chi connectivity index (χ1v) is 6.02. The molecule has 0 aromatic heterocycles. The van der Waals surface area contributed by atoms with E-state index in [2.05, 4.69) is 5.32 Å². The van der Waals surface area contributed by atoms with Gasteiger partial charge in [-0.15, -0.1) is 0 Å². The molecule has 1 atom stereocenters. The highest BCUT2D eigenvalue weighted by Crippen LogP contribution is 2.34. The number of hydrogen-bond acceptors (Lipinski definition) is 3. The maximum atomic E-state index is 13.7. The molecule has 0 bridgehead atoms. The Morgan fingerprint density at radius 1 is 1.11 bits per heavy atom. The zero-order valence-electron chi connectivity index (χ0n) is 10.8. The summed E-state index contributed by atoms with van der Waals surface area (Å²) in [5, 5.41) is 22.5. The highest BCUT2D eigenvalue weighted by molar-refractivity contribution is 5.52. The minimum atomic E-state index is -0.418. The Bertz CT molecular complexity index is 578. The summed E-state index contributed by atoms with van der Waals surface area (Å²) in [4.78, 5) is 0. The Labute approximate surface area is 111 Å². The summed E-state index contributed by atoms with van der Waals surface area (Å²) in [6.07, 6.45) is 0. The molecule has 0 aliphatic heterocycles. The van der Waals surface area contributed by atoms with Crippen molar-refractivity contribution in [2.75, 3.05) is 5.32 Å². The lowest BCUT2D eigenvalue weighted by atomic mass is 10.1. The average molecular weight is 261 g/mol. The Hall–Kier alpha value is -2.23. The normalized spacial score (nSPS) is 12.2. The van der Waals surface area contributed by atoms with Gasteiger partial charge in [-0.3, -0.25) is 0 Å². The molecule has 0 fully saturated rings. The predicted octanol–water partition coefficient (Wildman–Crippen LogP) is 3.72. The molecular weight excluding hydrogens is 245 g/mol. The molecule has 100 valence electrons. The second-order valence-corrected chi connectivity index (χ2v) is 4.56. The highest BCUT2D eigenvalue weighted by atomic mass is 19.1. The van der Waals surface area contributed by atoms with Gasteiger partial charge in [0.1, 0.15) is 17.3 Å². The third-order valence-electron chi connectivity index (χ3n) is 2.99. The van der Waals surface area contributed by atoms with Crippen molar-refractivity contribution in [3.05, 3.63) is 53.3 Å². The van der Waals surface area contributed by atoms with Crippen molar-refractivity contribution in [1.82, 2.24) is 0 Å². The molecule has 1 unspecified atom stereocenters.